The molecule has 0 bridgehead atoms. The van der Waals surface area contributed by atoms with E-state index in [1.807, 2.05) is 12.1 Å². The Morgan fingerprint density at radius 1 is 1.09 bits per heavy atom. The van der Waals surface area contributed by atoms with E-state index in [4.69, 9.17) is 11.6 Å². The summed E-state index contributed by atoms with van der Waals surface area (Å²) in [4.78, 5) is 24.2. The second kappa shape index (κ2) is 7.81. The summed E-state index contributed by atoms with van der Waals surface area (Å²) >= 11 is 10.2. The number of halogens is 2. The molecule has 0 aliphatic rings. The van der Waals surface area contributed by atoms with E-state index in [0.717, 1.165) is 21.1 Å². The monoisotopic (exact) mass is 397 g/mol. The van der Waals surface area contributed by atoms with Gasteiger partial charge in [-0.15, -0.1) is 11.8 Å². The first-order chi connectivity index (χ1) is 10.5. The van der Waals surface area contributed by atoms with Crippen LogP contribution in [-0.4, -0.2) is 17.0 Å². The highest BCUT2D eigenvalue weighted by Gasteiger charge is 2.18. The van der Waals surface area contributed by atoms with Gasteiger partial charge in [0.2, 0.25) is 0 Å². The van der Waals surface area contributed by atoms with E-state index in [2.05, 4.69) is 15.9 Å². The van der Waals surface area contributed by atoms with Gasteiger partial charge in [-0.05, 0) is 48.5 Å². The molecule has 0 saturated carbocycles. The van der Waals surface area contributed by atoms with Crippen LogP contribution in [0.1, 0.15) is 16.8 Å². The highest BCUT2D eigenvalue weighted by atomic mass is 79.9. The number of carboxylic acids is 1. The van der Waals surface area contributed by atoms with E-state index in [1.54, 1.807) is 36.4 Å². The molecule has 114 valence electrons. The lowest BCUT2D eigenvalue weighted by molar-refractivity contribution is -0.304. The highest BCUT2D eigenvalue weighted by Crippen LogP contribution is 2.27. The minimum atomic E-state index is -1.25. The van der Waals surface area contributed by atoms with Crippen LogP contribution in [0.5, 0.6) is 0 Å². The van der Waals surface area contributed by atoms with Gasteiger partial charge < -0.3 is 9.90 Å². The van der Waals surface area contributed by atoms with Gasteiger partial charge in [0.15, 0.2) is 5.78 Å². The van der Waals surface area contributed by atoms with Crippen LogP contribution in [0.3, 0.4) is 0 Å². The average Bonchev–Trinajstić information content (AvgIpc) is 2.49. The molecule has 22 heavy (non-hydrogen) atoms. The first-order valence-corrected chi connectivity index (χ1v) is 8.42. The van der Waals surface area contributed by atoms with Crippen LogP contribution in [0.15, 0.2) is 57.9 Å². The number of rotatable bonds is 6. The molecular formula is C16H11BrClO3S-. The zero-order chi connectivity index (χ0) is 16.1. The Bertz CT molecular complexity index is 671. The second-order valence-electron chi connectivity index (χ2n) is 4.51. The largest absolute Gasteiger partial charge is 0.549 e. The Balaban J connectivity index is 2.08. The zero-order valence-corrected chi connectivity index (χ0v) is 14.5. The minimum Gasteiger partial charge on any atom is -0.549 e. The fourth-order valence-electron chi connectivity index (χ4n) is 1.77. The maximum Gasteiger partial charge on any atom is 0.164 e. The van der Waals surface area contributed by atoms with Crippen LogP contribution in [0.4, 0.5) is 0 Å². The molecule has 0 heterocycles. The van der Waals surface area contributed by atoms with E-state index < -0.39 is 11.2 Å². The summed E-state index contributed by atoms with van der Waals surface area (Å²) in [6.07, 6.45) is -0.134. The van der Waals surface area contributed by atoms with Crippen LogP contribution in [-0.2, 0) is 4.79 Å². The van der Waals surface area contributed by atoms with Crippen molar-refractivity contribution < 1.29 is 14.7 Å². The predicted molar refractivity (Wildman–Crippen MR) is 89.2 cm³/mol. The highest BCUT2D eigenvalue weighted by molar-refractivity contribution is 9.10. The van der Waals surface area contributed by atoms with Crippen LogP contribution >= 0.6 is 39.3 Å². The maximum atomic E-state index is 12.2. The Hall–Kier alpha value is -1.30. The molecule has 0 amide bonds. The molecule has 0 spiro atoms. The molecule has 0 unspecified atom stereocenters. The lowest BCUT2D eigenvalue weighted by Gasteiger charge is -2.17. The number of ketones is 1. The summed E-state index contributed by atoms with van der Waals surface area (Å²) in [7, 11) is 0. The Labute approximate surface area is 145 Å². The van der Waals surface area contributed by atoms with Crippen molar-refractivity contribution in [2.45, 2.75) is 16.6 Å². The van der Waals surface area contributed by atoms with Gasteiger partial charge in [0.1, 0.15) is 0 Å². The Morgan fingerprint density at radius 3 is 2.23 bits per heavy atom. The van der Waals surface area contributed by atoms with Crippen molar-refractivity contribution in [2.24, 2.45) is 0 Å². The van der Waals surface area contributed by atoms with Gasteiger partial charge in [0, 0.05) is 26.4 Å². The van der Waals surface area contributed by atoms with Gasteiger partial charge in [-0.1, -0.05) is 27.5 Å². The van der Waals surface area contributed by atoms with Gasteiger partial charge in [0.05, 0.1) is 11.2 Å². The third-order valence-electron chi connectivity index (χ3n) is 2.89. The van der Waals surface area contributed by atoms with E-state index >= 15 is 0 Å². The molecule has 1 atom stereocenters. The number of thioether (sulfide) groups is 1. The molecule has 0 aliphatic carbocycles. The fourth-order valence-corrected chi connectivity index (χ4v) is 3.12. The number of hydrogen-bond acceptors (Lipinski definition) is 4. The third kappa shape index (κ3) is 4.87. The Kier molecular flexibility index (Phi) is 6.06. The molecule has 0 radical (unpaired) electrons. The van der Waals surface area contributed by atoms with Crippen molar-refractivity contribution in [2.75, 3.05) is 0 Å². The first-order valence-electron chi connectivity index (χ1n) is 6.37. The van der Waals surface area contributed by atoms with Crippen LogP contribution < -0.4 is 5.11 Å². The van der Waals surface area contributed by atoms with Crippen molar-refractivity contribution in [3.05, 3.63) is 63.6 Å². The zero-order valence-electron chi connectivity index (χ0n) is 11.3. The number of carbonyl (C=O) groups is 2. The number of aliphatic carboxylic acids is 1. The van der Waals surface area contributed by atoms with Crippen molar-refractivity contribution in [1.82, 2.24) is 0 Å². The topological polar surface area (TPSA) is 57.2 Å². The van der Waals surface area contributed by atoms with Gasteiger partial charge in [-0.2, -0.15) is 0 Å². The van der Waals surface area contributed by atoms with Crippen LogP contribution in [0.25, 0.3) is 0 Å². The van der Waals surface area contributed by atoms with Crippen LogP contribution in [0, 0.1) is 0 Å². The number of hydrogen-bond donors (Lipinski definition) is 0. The summed E-state index contributed by atoms with van der Waals surface area (Å²) in [5.41, 5.74) is 0.437. The van der Waals surface area contributed by atoms with Crippen molar-refractivity contribution >= 4 is 51.0 Å². The molecular weight excluding hydrogens is 388 g/mol. The molecule has 0 saturated heterocycles. The lowest BCUT2D eigenvalue weighted by atomic mass is 10.1. The third-order valence-corrected chi connectivity index (χ3v) is 4.86. The number of benzene rings is 2. The SMILES string of the molecule is O=C(C[C@@H](Sc1ccc(Br)cc1)C(=O)[O-])c1ccc(Cl)cc1. The lowest BCUT2D eigenvalue weighted by Crippen LogP contribution is -2.35. The summed E-state index contributed by atoms with van der Waals surface area (Å²) in [6.45, 7) is 0. The molecule has 0 aromatic heterocycles. The van der Waals surface area contributed by atoms with E-state index in [9.17, 15) is 14.7 Å². The van der Waals surface area contributed by atoms with Gasteiger partial charge >= 0.3 is 0 Å². The molecule has 0 N–H and O–H groups in total. The van der Waals surface area contributed by atoms with Crippen molar-refractivity contribution in [1.29, 1.82) is 0 Å². The molecule has 0 aliphatic heterocycles. The minimum absolute atomic E-state index is 0.134. The quantitative estimate of drug-likeness (QED) is 0.551. The van der Waals surface area contributed by atoms with E-state index in [0.29, 0.717) is 10.6 Å². The second-order valence-corrected chi connectivity index (χ2v) is 7.14. The first kappa shape index (κ1) is 17.1. The standard InChI is InChI=1S/C16H12BrClO3S/c17-11-3-7-13(8-4-11)22-15(16(20)21)9-14(19)10-1-5-12(18)6-2-10/h1-8,15H,9H2,(H,20,21)/p-1/t15-/m1/s1. The predicted octanol–water partition coefficient (Wildman–Crippen LogP) is 3.59. The maximum absolute atomic E-state index is 12.2. The smallest absolute Gasteiger partial charge is 0.164 e. The molecule has 2 aromatic rings. The summed E-state index contributed by atoms with van der Waals surface area (Å²) in [5.74, 6) is -1.51. The van der Waals surface area contributed by atoms with Gasteiger partial charge in [-0.25, -0.2) is 0 Å². The Morgan fingerprint density at radius 2 is 1.68 bits per heavy atom. The number of Topliss-reactive ketones (excluding diaryl/α,β-unsaturated/α-hetero) is 1. The average molecular weight is 399 g/mol. The van der Waals surface area contributed by atoms with Gasteiger partial charge in [0.25, 0.3) is 0 Å². The molecule has 0 fully saturated rings. The van der Waals surface area contributed by atoms with Crippen molar-refractivity contribution in [3.63, 3.8) is 0 Å². The van der Waals surface area contributed by atoms with E-state index in [1.165, 1.54) is 0 Å². The number of carbonyl (C=O) groups excluding carboxylic acids is 2. The van der Waals surface area contributed by atoms with Crippen LogP contribution in [0.2, 0.25) is 5.02 Å². The van der Waals surface area contributed by atoms with Crippen molar-refractivity contribution in [3.8, 4) is 0 Å². The van der Waals surface area contributed by atoms with Gasteiger partial charge in [-0.3, -0.25) is 4.79 Å². The summed E-state index contributed by atoms with van der Waals surface area (Å²) < 4.78 is 0.902. The molecule has 2 rings (SSSR count). The molecule has 6 heteroatoms. The molecule has 3 nitrogen and oxygen atoms in total. The summed E-state index contributed by atoms with van der Waals surface area (Å²) in [5, 5.41) is 10.9. The number of carboxylic acid groups (broad SMARTS) is 1. The summed E-state index contributed by atoms with van der Waals surface area (Å²) in [6, 6.07) is 13.6. The normalized spacial score (nSPS) is 11.9. The molecule has 2 aromatic carbocycles. The fraction of sp³-hybridized carbons (Fsp3) is 0.125. The van der Waals surface area contributed by atoms with E-state index in [-0.39, 0.29) is 12.2 Å².